The Balaban J connectivity index is 0. The second-order valence-corrected chi connectivity index (χ2v) is 0.697. The van der Waals surface area contributed by atoms with Crippen molar-refractivity contribution in [3.8, 4) is 0 Å². The first kappa shape index (κ1) is 9.44. The molecule has 0 bridgehead atoms. The van der Waals surface area contributed by atoms with Crippen LogP contribution in [-0.4, -0.2) is 40.8 Å². The molecule has 0 aromatic heterocycles. The molecule has 22 valence electrons. The minimum atomic E-state index is 0. The van der Waals surface area contributed by atoms with Gasteiger partial charge in [0.05, 0.1) is 0 Å². The Hall–Kier alpha value is 1.10. The zero-order valence-corrected chi connectivity index (χ0v) is 2.99. The molecule has 0 saturated heterocycles. The normalized spacial score (nSPS) is 5.20. The van der Waals surface area contributed by atoms with Crippen molar-refractivity contribution in [2.24, 2.45) is 0 Å². The van der Waals surface area contributed by atoms with Gasteiger partial charge in [0.2, 0.25) is 0 Å². The Labute approximate surface area is 58.4 Å². The summed E-state index contributed by atoms with van der Waals surface area (Å²) in [5.74, 6) is 0. The summed E-state index contributed by atoms with van der Waals surface area (Å²) in [6, 6.07) is 0. The van der Waals surface area contributed by atoms with E-state index in [1.165, 1.54) is 0 Å². The van der Waals surface area contributed by atoms with Crippen LogP contribution in [0.5, 0.6) is 0 Å². The van der Waals surface area contributed by atoms with Crippen LogP contribution in [0.15, 0.2) is 12.7 Å². The van der Waals surface area contributed by atoms with E-state index < -0.39 is 0 Å². The molecule has 0 unspecified atom stereocenters. The average Bonchev–Trinajstić information content (AvgIpc) is 1.37. The van der Waals surface area contributed by atoms with E-state index >= 15 is 0 Å². The van der Waals surface area contributed by atoms with E-state index in [4.69, 9.17) is 0 Å². The molecule has 0 heterocycles. The van der Waals surface area contributed by atoms with Crippen molar-refractivity contribution < 1.29 is 0 Å². The van der Waals surface area contributed by atoms with E-state index in [0.29, 0.717) is 0 Å². The molecule has 0 nitrogen and oxygen atoms in total. The predicted octanol–water partition coefficient (Wildman–Crippen LogP) is -0.157. The summed E-state index contributed by atoms with van der Waals surface area (Å²) in [6.45, 7) is 3.48. The minimum absolute atomic E-state index is 0. The number of hydrogen-bond donors (Lipinski definition) is 0. The molecule has 0 aliphatic rings. The largest absolute Gasteiger partial charge is 0.316 e. The molecule has 0 fully saturated rings. The number of allylic oxidation sites excluding steroid dienone is 1. The van der Waals surface area contributed by atoms with Crippen molar-refractivity contribution in [2.75, 3.05) is 0 Å². The zero-order chi connectivity index (χ0) is 3.41. The molecule has 0 N–H and O–H groups in total. The van der Waals surface area contributed by atoms with Crippen LogP contribution >= 0.6 is 0 Å². The molecule has 0 aromatic rings. The molecular weight excluding hydrogens is 67.3 g/mol. The molecule has 0 aliphatic heterocycles. The van der Waals surface area contributed by atoms with E-state index in [-0.39, 0.29) is 23.1 Å². The molecule has 0 aliphatic carbocycles. The van der Waals surface area contributed by atoms with Crippen molar-refractivity contribution >= 4 is 40.8 Å². The summed E-state index contributed by atoms with van der Waals surface area (Å²) < 4.78 is 0. The molecule has 0 spiro atoms. The summed E-state index contributed by atoms with van der Waals surface area (Å²) >= 11 is 2.06. The van der Waals surface area contributed by atoms with Gasteiger partial charge >= 0.3 is 58.5 Å². The molecule has 0 radical (unpaired) electrons. The molecule has 0 aromatic carbocycles. The van der Waals surface area contributed by atoms with E-state index in [1.54, 1.807) is 0 Å². The van der Waals surface area contributed by atoms with Crippen LogP contribution < -0.4 is 0 Å². The molecule has 0 atom stereocenters. The topological polar surface area (TPSA) is 0 Å². The Morgan fingerprint density at radius 2 is 2.00 bits per heavy atom. The fourth-order valence-electron chi connectivity index (χ4n) is 0. The molecule has 5 heavy (non-hydrogen) atoms. The quantitative estimate of drug-likeness (QED) is 0.300. The third kappa shape index (κ3) is 11.1. The Kier molecular flexibility index (Phi) is 16.8. The summed E-state index contributed by atoms with van der Waals surface area (Å²) in [6.07, 6.45) is 1.88. The molecule has 0 rings (SSSR count). The van der Waals surface area contributed by atoms with Gasteiger partial charge in [-0.2, -0.15) is 0 Å². The van der Waals surface area contributed by atoms with Gasteiger partial charge in [0.15, 0.2) is 0 Å². The summed E-state index contributed by atoms with van der Waals surface area (Å²) in [5, 5.41) is 1.08. The van der Waals surface area contributed by atoms with Crippen LogP contribution in [0.4, 0.5) is 0 Å². The van der Waals surface area contributed by atoms with Crippen LogP contribution in [0, 0.1) is 0 Å². The summed E-state index contributed by atoms with van der Waals surface area (Å²) in [7, 11) is 0. The Morgan fingerprint density at radius 1 is 1.80 bits per heavy atom. The molecule has 0 saturated carbocycles. The van der Waals surface area contributed by atoms with Gasteiger partial charge < -0.3 is 0 Å². The predicted molar refractivity (Wildman–Crippen MR) is 29.3 cm³/mol. The maximum atomic E-state index is 3.48. The van der Waals surface area contributed by atoms with Crippen LogP contribution in [0.25, 0.3) is 0 Å². The van der Waals surface area contributed by atoms with Crippen molar-refractivity contribution in [1.82, 2.24) is 0 Å². The van der Waals surface area contributed by atoms with Gasteiger partial charge in [-0.1, -0.05) is 0 Å². The third-order valence-corrected chi connectivity index (χ3v) is 0.289. The summed E-state index contributed by atoms with van der Waals surface area (Å²) in [4.78, 5) is 0. The summed E-state index contributed by atoms with van der Waals surface area (Å²) in [5.41, 5.74) is 0. The fourth-order valence-corrected chi connectivity index (χ4v) is 0. The number of rotatable bonds is 1. The van der Waals surface area contributed by atoms with Gasteiger partial charge in [-0.05, 0) is 0 Å². The van der Waals surface area contributed by atoms with Gasteiger partial charge in [0.25, 0.3) is 0 Å². The second kappa shape index (κ2) is 8.92. The molecule has 2 heteroatoms. The maximum Gasteiger partial charge on any atom is 0.316 e. The van der Waals surface area contributed by atoms with Crippen molar-refractivity contribution in [3.05, 3.63) is 12.7 Å². The van der Waals surface area contributed by atoms with E-state index in [0.717, 1.165) is 5.09 Å². The first-order chi connectivity index (χ1) is 1.91. The Morgan fingerprint density at radius 3 is 2.00 bits per heavy atom. The fraction of sp³-hybridized carbons (Fsp3) is 0.333. The van der Waals surface area contributed by atoms with Crippen LogP contribution in [0.3, 0.4) is 0 Å². The smallest absolute Gasteiger partial charge is 0.316 e. The van der Waals surface area contributed by atoms with Gasteiger partial charge in [-0.25, -0.2) is 0 Å². The van der Waals surface area contributed by atoms with Gasteiger partial charge in [0, 0.05) is 0 Å². The van der Waals surface area contributed by atoms with Crippen molar-refractivity contribution in [3.63, 3.8) is 0 Å². The number of hydrogen-bond acceptors (Lipinski definition) is 0. The van der Waals surface area contributed by atoms with E-state index in [9.17, 15) is 0 Å². The monoisotopic (exact) mass is 74.1 g/mol. The van der Waals surface area contributed by atoms with Gasteiger partial charge in [-0.15, -0.1) is 0 Å². The van der Waals surface area contributed by atoms with E-state index in [2.05, 4.69) is 24.3 Å². The van der Waals surface area contributed by atoms with Gasteiger partial charge in [0.1, 0.15) is 0 Å². The minimum Gasteiger partial charge on any atom is 0.316 e. The van der Waals surface area contributed by atoms with Crippen molar-refractivity contribution in [2.45, 2.75) is 5.09 Å². The third-order valence-electron chi connectivity index (χ3n) is 0.289. The average molecular weight is 74.3 g/mol. The molecular formula is C3H7LiMg. The van der Waals surface area contributed by atoms with Crippen LogP contribution in [0.1, 0.15) is 0 Å². The maximum absolute atomic E-state index is 3.48. The first-order valence-electron chi connectivity index (χ1n) is 1.52. The second-order valence-electron chi connectivity index (χ2n) is 0.697. The van der Waals surface area contributed by atoms with Crippen LogP contribution in [0.2, 0.25) is 5.09 Å². The van der Waals surface area contributed by atoms with Crippen molar-refractivity contribution in [1.29, 1.82) is 0 Å². The SMILES string of the molecule is [Li][CH2]C=C.[MgH2]. The standard InChI is InChI=1S/C3H5.Li.Mg.2H/c1-3-2;;;;/h3H,1-2H2;;;;. The zero-order valence-electron chi connectivity index (χ0n) is 2.99. The van der Waals surface area contributed by atoms with Crippen LogP contribution in [-0.2, 0) is 0 Å². The van der Waals surface area contributed by atoms with E-state index in [1.807, 2.05) is 6.08 Å². The first-order valence-corrected chi connectivity index (χ1v) is 1.52. The Bertz CT molecular complexity index is 20.9. The van der Waals surface area contributed by atoms with Gasteiger partial charge in [-0.3, -0.25) is 0 Å². The molecule has 0 amide bonds.